The van der Waals surface area contributed by atoms with Gasteiger partial charge in [0.15, 0.2) is 0 Å². The zero-order chi connectivity index (χ0) is 11.5. The predicted molar refractivity (Wildman–Crippen MR) is 73.7 cm³/mol. The van der Waals surface area contributed by atoms with Crippen LogP contribution in [0.4, 0.5) is 0 Å². The van der Waals surface area contributed by atoms with Gasteiger partial charge in [-0.05, 0) is 36.6 Å². The largest absolute Gasteiger partial charge is 0.295 e. The molecular formula is C12H14BrCl2N. The van der Waals surface area contributed by atoms with Gasteiger partial charge in [-0.15, -0.1) is 0 Å². The molecule has 0 saturated heterocycles. The van der Waals surface area contributed by atoms with E-state index >= 15 is 0 Å². The van der Waals surface area contributed by atoms with Gasteiger partial charge in [-0.1, -0.05) is 39.1 Å². The van der Waals surface area contributed by atoms with Gasteiger partial charge in [0, 0.05) is 34.5 Å². The third-order valence-electron chi connectivity index (χ3n) is 2.82. The second kappa shape index (κ2) is 5.72. The summed E-state index contributed by atoms with van der Waals surface area (Å²) in [5.41, 5.74) is 1.13. The smallest absolute Gasteiger partial charge is 0.0452 e. The molecule has 0 radical (unpaired) electrons. The third kappa shape index (κ3) is 3.36. The number of halogens is 3. The van der Waals surface area contributed by atoms with Crippen LogP contribution in [-0.2, 0) is 6.54 Å². The quantitative estimate of drug-likeness (QED) is 0.728. The van der Waals surface area contributed by atoms with Crippen molar-refractivity contribution in [1.82, 2.24) is 4.90 Å². The summed E-state index contributed by atoms with van der Waals surface area (Å²) < 4.78 is 0. The van der Waals surface area contributed by atoms with E-state index in [1.165, 1.54) is 12.8 Å². The lowest BCUT2D eigenvalue weighted by molar-refractivity contribution is 0.272. The summed E-state index contributed by atoms with van der Waals surface area (Å²) in [6.45, 7) is 1.96. The van der Waals surface area contributed by atoms with Crippen molar-refractivity contribution < 1.29 is 0 Å². The minimum Gasteiger partial charge on any atom is -0.295 e. The molecule has 1 nitrogen and oxygen atoms in total. The van der Waals surface area contributed by atoms with Crippen molar-refractivity contribution in [1.29, 1.82) is 0 Å². The molecule has 0 aliphatic heterocycles. The van der Waals surface area contributed by atoms with Crippen molar-refractivity contribution >= 4 is 39.1 Å². The molecule has 2 rings (SSSR count). The molecule has 0 heterocycles. The van der Waals surface area contributed by atoms with Crippen LogP contribution in [0.1, 0.15) is 18.4 Å². The fraction of sp³-hybridized carbons (Fsp3) is 0.500. The van der Waals surface area contributed by atoms with Gasteiger partial charge >= 0.3 is 0 Å². The molecule has 1 fully saturated rings. The summed E-state index contributed by atoms with van der Waals surface area (Å²) in [5, 5.41) is 2.57. The van der Waals surface area contributed by atoms with Gasteiger partial charge < -0.3 is 0 Å². The number of alkyl halides is 1. The van der Waals surface area contributed by atoms with Crippen LogP contribution in [-0.4, -0.2) is 22.8 Å². The summed E-state index contributed by atoms with van der Waals surface area (Å²) in [6.07, 6.45) is 2.62. The Hall–Kier alpha value is 0.240. The van der Waals surface area contributed by atoms with Gasteiger partial charge in [0.05, 0.1) is 0 Å². The molecule has 0 spiro atoms. The average Bonchev–Trinajstić information content (AvgIpc) is 3.06. The predicted octanol–water partition coefficient (Wildman–Crippen LogP) is 4.35. The summed E-state index contributed by atoms with van der Waals surface area (Å²) in [4.78, 5) is 2.46. The van der Waals surface area contributed by atoms with E-state index in [-0.39, 0.29) is 0 Å². The second-order valence-corrected chi connectivity index (χ2v) is 5.76. The Kier molecular flexibility index (Phi) is 4.54. The van der Waals surface area contributed by atoms with E-state index < -0.39 is 0 Å². The van der Waals surface area contributed by atoms with Crippen molar-refractivity contribution in [2.75, 3.05) is 11.9 Å². The average molecular weight is 323 g/mol. The zero-order valence-corrected chi connectivity index (χ0v) is 12.0. The van der Waals surface area contributed by atoms with Crippen molar-refractivity contribution in [3.63, 3.8) is 0 Å². The van der Waals surface area contributed by atoms with Crippen LogP contribution in [0.2, 0.25) is 10.0 Å². The molecule has 88 valence electrons. The highest BCUT2D eigenvalue weighted by Crippen LogP contribution is 2.30. The molecule has 1 aliphatic rings. The first-order valence-corrected chi connectivity index (χ1v) is 7.32. The van der Waals surface area contributed by atoms with E-state index in [4.69, 9.17) is 23.2 Å². The number of rotatable bonds is 5. The molecule has 0 unspecified atom stereocenters. The van der Waals surface area contributed by atoms with E-state index in [0.717, 1.165) is 40.1 Å². The summed E-state index contributed by atoms with van der Waals surface area (Å²) in [5.74, 6) is 0. The summed E-state index contributed by atoms with van der Waals surface area (Å²) >= 11 is 15.6. The molecule has 0 amide bonds. The van der Waals surface area contributed by atoms with E-state index in [0.29, 0.717) is 0 Å². The maximum absolute atomic E-state index is 6.17. The Morgan fingerprint density at radius 1 is 1.31 bits per heavy atom. The molecule has 1 saturated carbocycles. The highest BCUT2D eigenvalue weighted by atomic mass is 79.9. The molecule has 16 heavy (non-hydrogen) atoms. The lowest BCUT2D eigenvalue weighted by Crippen LogP contribution is -2.27. The molecule has 1 aliphatic carbocycles. The van der Waals surface area contributed by atoms with Crippen LogP contribution in [0, 0.1) is 0 Å². The molecule has 1 aromatic rings. The lowest BCUT2D eigenvalue weighted by Gasteiger charge is -2.21. The molecule has 0 aromatic heterocycles. The molecular weight excluding hydrogens is 309 g/mol. The van der Waals surface area contributed by atoms with Crippen LogP contribution < -0.4 is 0 Å². The number of hydrogen-bond donors (Lipinski definition) is 0. The summed E-state index contributed by atoms with van der Waals surface area (Å²) in [7, 11) is 0. The maximum Gasteiger partial charge on any atom is 0.0452 e. The first-order valence-electron chi connectivity index (χ1n) is 5.44. The van der Waals surface area contributed by atoms with E-state index in [1.807, 2.05) is 18.2 Å². The number of hydrogen-bond acceptors (Lipinski definition) is 1. The number of benzene rings is 1. The SMILES string of the molecule is Clc1ccc(Cl)c(CN(CCBr)C2CC2)c1. The maximum atomic E-state index is 6.17. The van der Waals surface area contributed by atoms with E-state index in [2.05, 4.69) is 20.8 Å². The molecule has 4 heteroatoms. The van der Waals surface area contributed by atoms with Gasteiger partial charge in [-0.25, -0.2) is 0 Å². The molecule has 0 atom stereocenters. The fourth-order valence-electron chi connectivity index (χ4n) is 1.82. The van der Waals surface area contributed by atoms with Gasteiger partial charge in [0.2, 0.25) is 0 Å². The Morgan fingerprint density at radius 2 is 2.06 bits per heavy atom. The van der Waals surface area contributed by atoms with E-state index in [9.17, 15) is 0 Å². The molecule has 0 bridgehead atoms. The Morgan fingerprint density at radius 3 is 2.69 bits per heavy atom. The van der Waals surface area contributed by atoms with Crippen LogP contribution in [0.25, 0.3) is 0 Å². The number of nitrogens with zero attached hydrogens (tertiary/aromatic N) is 1. The van der Waals surface area contributed by atoms with Crippen molar-refractivity contribution in [3.8, 4) is 0 Å². The molecule has 0 N–H and O–H groups in total. The normalized spacial score (nSPS) is 15.8. The van der Waals surface area contributed by atoms with E-state index in [1.54, 1.807) is 0 Å². The van der Waals surface area contributed by atoms with Gasteiger partial charge in [-0.3, -0.25) is 4.90 Å². The van der Waals surface area contributed by atoms with Crippen LogP contribution in [0.5, 0.6) is 0 Å². The third-order valence-corrected chi connectivity index (χ3v) is 3.77. The highest BCUT2D eigenvalue weighted by molar-refractivity contribution is 9.09. The first kappa shape index (κ1) is 12.7. The summed E-state index contributed by atoms with van der Waals surface area (Å²) in [6, 6.07) is 6.42. The lowest BCUT2D eigenvalue weighted by atomic mass is 10.2. The fourth-order valence-corrected chi connectivity index (χ4v) is 2.65. The van der Waals surface area contributed by atoms with Crippen molar-refractivity contribution in [2.24, 2.45) is 0 Å². The van der Waals surface area contributed by atoms with Crippen molar-refractivity contribution in [2.45, 2.75) is 25.4 Å². The van der Waals surface area contributed by atoms with Crippen LogP contribution >= 0.6 is 39.1 Å². The van der Waals surface area contributed by atoms with Crippen molar-refractivity contribution in [3.05, 3.63) is 33.8 Å². The minimum absolute atomic E-state index is 0.743. The van der Waals surface area contributed by atoms with Crippen LogP contribution in [0.15, 0.2) is 18.2 Å². The topological polar surface area (TPSA) is 3.24 Å². The zero-order valence-electron chi connectivity index (χ0n) is 8.93. The van der Waals surface area contributed by atoms with Gasteiger partial charge in [0.25, 0.3) is 0 Å². The van der Waals surface area contributed by atoms with Gasteiger partial charge in [-0.2, -0.15) is 0 Å². The highest BCUT2D eigenvalue weighted by Gasteiger charge is 2.28. The molecule has 1 aromatic carbocycles. The Bertz CT molecular complexity index is 366. The first-order chi connectivity index (χ1) is 7.70. The monoisotopic (exact) mass is 321 g/mol. The minimum atomic E-state index is 0.743. The van der Waals surface area contributed by atoms with Crippen LogP contribution in [0.3, 0.4) is 0 Å². The van der Waals surface area contributed by atoms with Gasteiger partial charge in [0.1, 0.15) is 0 Å². The Balaban J connectivity index is 2.08. The second-order valence-electron chi connectivity index (χ2n) is 4.13. The Labute approximate surface area is 115 Å². The standard InChI is InChI=1S/C12H14BrCl2N/c13-5-6-16(11-2-3-11)8-9-7-10(14)1-4-12(9)15/h1,4,7,11H,2-3,5-6,8H2.